The van der Waals surface area contributed by atoms with E-state index >= 15 is 0 Å². The first-order valence-electron chi connectivity index (χ1n) is 11.1. The Hall–Kier alpha value is -3.81. The Kier molecular flexibility index (Phi) is 8.89. The van der Waals surface area contributed by atoms with E-state index in [4.69, 9.17) is 11.1 Å². The highest BCUT2D eigenvalue weighted by Crippen LogP contribution is 2.18. The van der Waals surface area contributed by atoms with Gasteiger partial charge in [-0.1, -0.05) is 6.42 Å². The molecule has 0 bridgehead atoms. The predicted octanol–water partition coefficient (Wildman–Crippen LogP) is 1.61. The molecule has 1 aromatic carbocycles. The molecular weight excluding hydrogens is 467 g/mol. The number of piperazine rings is 1. The molecule has 0 saturated carbocycles. The molecule has 14 heteroatoms. The number of halogens is 3. The van der Waals surface area contributed by atoms with Gasteiger partial charge in [0.25, 0.3) is 5.56 Å². The Balaban J connectivity index is 1.46. The number of nitrogens with one attached hydrogen (secondary N) is 5. The number of nitrogens with two attached hydrogens (primary N) is 1. The van der Waals surface area contributed by atoms with Crippen molar-refractivity contribution in [3.8, 4) is 0 Å². The first-order chi connectivity index (χ1) is 16.7. The largest absolute Gasteiger partial charge is 0.370 e. The molecule has 1 saturated heterocycles. The molecule has 1 aliphatic heterocycles. The van der Waals surface area contributed by atoms with Crippen molar-refractivity contribution in [2.24, 2.45) is 5.73 Å². The number of carbonyl (C=O) groups excluding carboxylic acids is 1. The Morgan fingerprint density at radius 1 is 1.06 bits per heavy atom. The van der Waals surface area contributed by atoms with Gasteiger partial charge in [0.05, 0.1) is 5.69 Å². The molecular formula is C21H28F3N9O2. The van der Waals surface area contributed by atoms with Crippen LogP contribution in [0.3, 0.4) is 0 Å². The average Bonchev–Trinajstić information content (AvgIpc) is 2.80. The first kappa shape index (κ1) is 25.8. The summed E-state index contributed by atoms with van der Waals surface area (Å²) in [7, 11) is 0. The smallest absolute Gasteiger partial charge is 0.326 e. The van der Waals surface area contributed by atoms with E-state index in [9.17, 15) is 22.8 Å². The third-order valence-electron chi connectivity index (χ3n) is 5.45. The van der Waals surface area contributed by atoms with Crippen LogP contribution in [0, 0.1) is 22.9 Å². The Bertz CT molecular complexity index is 1100. The quantitative estimate of drug-likeness (QED) is 0.134. The lowest BCUT2D eigenvalue weighted by molar-refractivity contribution is 0.252. The molecule has 0 spiro atoms. The Labute approximate surface area is 199 Å². The fourth-order valence-corrected chi connectivity index (χ4v) is 3.63. The number of carbonyl (C=O) groups is 1. The third-order valence-corrected chi connectivity index (χ3v) is 5.45. The molecule has 0 radical (unpaired) electrons. The highest BCUT2D eigenvalue weighted by atomic mass is 19.2. The second-order valence-corrected chi connectivity index (χ2v) is 7.99. The predicted molar refractivity (Wildman–Crippen MR) is 126 cm³/mol. The average molecular weight is 496 g/mol. The molecule has 35 heavy (non-hydrogen) atoms. The number of hydrogen-bond acceptors (Lipinski definition) is 6. The number of anilines is 3. The molecule has 11 nitrogen and oxygen atoms in total. The minimum atomic E-state index is -1.38. The zero-order chi connectivity index (χ0) is 25.4. The van der Waals surface area contributed by atoms with Crippen LogP contribution in [-0.2, 0) is 0 Å². The minimum absolute atomic E-state index is 0.0187. The van der Waals surface area contributed by atoms with Gasteiger partial charge in [0.15, 0.2) is 17.6 Å². The summed E-state index contributed by atoms with van der Waals surface area (Å²) in [6.07, 6.45) is 4.42. The number of urea groups is 1. The fraction of sp³-hybridized carbons (Fsp3) is 0.429. The van der Waals surface area contributed by atoms with Gasteiger partial charge in [-0.25, -0.2) is 18.0 Å². The van der Waals surface area contributed by atoms with Crippen LogP contribution in [0.5, 0.6) is 0 Å². The van der Waals surface area contributed by atoms with Crippen molar-refractivity contribution < 1.29 is 18.0 Å². The van der Waals surface area contributed by atoms with E-state index in [-0.39, 0.29) is 11.9 Å². The van der Waals surface area contributed by atoms with Gasteiger partial charge >= 0.3 is 6.03 Å². The first-order valence-corrected chi connectivity index (χ1v) is 11.1. The molecule has 1 aromatic heterocycles. The zero-order valence-electron chi connectivity index (χ0n) is 19.0. The van der Waals surface area contributed by atoms with Crippen molar-refractivity contribution in [2.75, 3.05) is 54.8 Å². The summed E-state index contributed by atoms with van der Waals surface area (Å²) in [5, 5.41) is 14.1. The third kappa shape index (κ3) is 7.60. The number of unbranched alkanes of at least 4 members (excludes halogenated alkanes) is 2. The van der Waals surface area contributed by atoms with Gasteiger partial charge in [-0.3, -0.25) is 20.4 Å². The maximum atomic E-state index is 13.7. The number of guanidine groups is 1. The number of hydrogen-bond donors (Lipinski definition) is 6. The summed E-state index contributed by atoms with van der Waals surface area (Å²) in [4.78, 5) is 35.2. The molecule has 1 aliphatic rings. The molecule has 3 rings (SSSR count). The molecule has 0 aliphatic carbocycles. The minimum Gasteiger partial charge on any atom is -0.370 e. The van der Waals surface area contributed by atoms with Crippen molar-refractivity contribution >= 4 is 29.3 Å². The molecule has 190 valence electrons. The number of rotatable bonds is 9. The molecule has 1 fully saturated rings. The van der Waals surface area contributed by atoms with Gasteiger partial charge < -0.3 is 26.3 Å². The van der Waals surface area contributed by atoms with Crippen LogP contribution >= 0.6 is 0 Å². The number of H-pyrrole nitrogens is 1. The second kappa shape index (κ2) is 12.1. The molecule has 2 amide bonds. The lowest BCUT2D eigenvalue weighted by atomic mass is 10.2. The van der Waals surface area contributed by atoms with E-state index in [1.807, 2.05) is 10.2 Å². The van der Waals surface area contributed by atoms with Crippen LogP contribution in [0.15, 0.2) is 23.1 Å². The number of nitrogens with zero attached hydrogens (tertiary/aromatic N) is 3. The number of amides is 2. The van der Waals surface area contributed by atoms with Gasteiger partial charge in [-0.15, -0.1) is 0 Å². The molecule has 2 heterocycles. The van der Waals surface area contributed by atoms with Gasteiger partial charge in [0.2, 0.25) is 5.95 Å². The van der Waals surface area contributed by atoms with E-state index in [2.05, 4.69) is 25.5 Å². The zero-order valence-corrected chi connectivity index (χ0v) is 19.0. The highest BCUT2D eigenvalue weighted by Gasteiger charge is 2.20. The SMILES string of the molecule is N=C(N)NCCCCCN1CCN(c2c[nH]c(NC(=O)Nc3cc(F)c(F)cc3F)nc2=O)CC1. The lowest BCUT2D eigenvalue weighted by Gasteiger charge is -2.35. The monoisotopic (exact) mass is 495 g/mol. The molecule has 7 N–H and O–H groups in total. The number of benzene rings is 1. The van der Waals surface area contributed by atoms with E-state index in [1.54, 1.807) is 0 Å². The van der Waals surface area contributed by atoms with Crippen molar-refractivity contribution in [3.63, 3.8) is 0 Å². The van der Waals surface area contributed by atoms with Gasteiger partial charge in [0, 0.05) is 51.1 Å². The van der Waals surface area contributed by atoms with E-state index in [0.717, 1.165) is 38.9 Å². The highest BCUT2D eigenvalue weighted by molar-refractivity contribution is 5.98. The maximum absolute atomic E-state index is 13.7. The van der Waals surface area contributed by atoms with Gasteiger partial charge in [-0.2, -0.15) is 4.98 Å². The standard InChI is InChI=1S/C21H28F3N9O2/c22-13-10-15(24)16(11-14(13)23)29-21(35)31-20-28-12-17(18(34)30-20)33-8-6-32(7-9-33)5-3-1-2-4-27-19(25)26/h10-12H,1-9H2,(H4,25,26,27)(H3,28,29,30,31,34,35). The van der Waals surface area contributed by atoms with Gasteiger partial charge in [0.1, 0.15) is 11.5 Å². The molecule has 0 unspecified atom stereocenters. The van der Waals surface area contributed by atoms with Crippen LogP contribution < -0.4 is 32.1 Å². The van der Waals surface area contributed by atoms with Crippen molar-refractivity contribution in [2.45, 2.75) is 19.3 Å². The van der Waals surface area contributed by atoms with E-state index in [1.165, 1.54) is 6.20 Å². The van der Waals surface area contributed by atoms with Crippen LogP contribution in [-0.4, -0.2) is 66.1 Å². The van der Waals surface area contributed by atoms with Gasteiger partial charge in [-0.05, 0) is 19.4 Å². The summed E-state index contributed by atoms with van der Waals surface area (Å²) < 4.78 is 40.0. The number of aromatic amines is 1. The summed E-state index contributed by atoms with van der Waals surface area (Å²) in [6.45, 7) is 4.48. The summed E-state index contributed by atoms with van der Waals surface area (Å²) >= 11 is 0. The van der Waals surface area contributed by atoms with E-state index in [0.29, 0.717) is 37.5 Å². The second-order valence-electron chi connectivity index (χ2n) is 7.99. The van der Waals surface area contributed by atoms with E-state index < -0.39 is 34.7 Å². The van der Waals surface area contributed by atoms with Crippen LogP contribution in [0.25, 0.3) is 0 Å². The topological polar surface area (TPSA) is 155 Å². The van der Waals surface area contributed by atoms with Crippen LogP contribution in [0.2, 0.25) is 0 Å². The Morgan fingerprint density at radius 2 is 1.77 bits per heavy atom. The van der Waals surface area contributed by atoms with Crippen LogP contribution in [0.4, 0.5) is 35.3 Å². The van der Waals surface area contributed by atoms with Crippen molar-refractivity contribution in [1.82, 2.24) is 20.2 Å². The van der Waals surface area contributed by atoms with Crippen LogP contribution in [0.1, 0.15) is 19.3 Å². The normalized spacial score (nSPS) is 14.0. The lowest BCUT2D eigenvalue weighted by Crippen LogP contribution is -2.48. The molecule has 2 aromatic rings. The number of aromatic nitrogens is 2. The summed E-state index contributed by atoms with van der Waals surface area (Å²) in [5.41, 5.74) is 4.49. The summed E-state index contributed by atoms with van der Waals surface area (Å²) in [5.74, 6) is -4.05. The Morgan fingerprint density at radius 3 is 2.46 bits per heavy atom. The maximum Gasteiger partial charge on any atom is 0.326 e. The fourth-order valence-electron chi connectivity index (χ4n) is 3.63. The molecule has 0 atom stereocenters. The summed E-state index contributed by atoms with van der Waals surface area (Å²) in [6, 6.07) is -0.167. The van der Waals surface area contributed by atoms with Crippen molar-refractivity contribution in [3.05, 3.63) is 46.1 Å². The van der Waals surface area contributed by atoms with Crippen molar-refractivity contribution in [1.29, 1.82) is 5.41 Å².